The Morgan fingerprint density at radius 2 is 1.69 bits per heavy atom. The van der Waals surface area contributed by atoms with Gasteiger partial charge in [-0.2, -0.15) is 8.42 Å². The Balaban J connectivity index is 1.81. The Labute approximate surface area is 182 Å². The van der Waals surface area contributed by atoms with E-state index < -0.39 is 15.9 Å². The summed E-state index contributed by atoms with van der Waals surface area (Å²) in [6, 6.07) is 8.18. The molecule has 1 aromatic heterocycles. The normalized spacial score (nSPS) is 11.3. The fourth-order valence-corrected chi connectivity index (χ4v) is 5.32. The number of halogens is 2. The number of hydrogen-bond acceptors (Lipinski definition) is 6. The molecule has 0 unspecified atom stereocenters. The lowest BCUT2D eigenvalue weighted by atomic mass is 10.1. The van der Waals surface area contributed by atoms with Gasteiger partial charge < -0.3 is 0 Å². The van der Waals surface area contributed by atoms with E-state index >= 15 is 0 Å². The molecule has 1 amide bonds. The van der Waals surface area contributed by atoms with Crippen molar-refractivity contribution in [3.63, 3.8) is 0 Å². The first-order chi connectivity index (χ1) is 13.6. The molecule has 2 aromatic carbocycles. The summed E-state index contributed by atoms with van der Waals surface area (Å²) in [5.74, 6) is -0.551. The summed E-state index contributed by atoms with van der Waals surface area (Å²) < 4.78 is 27.7. The Hall–Kier alpha value is -2.20. The lowest BCUT2D eigenvalue weighted by molar-refractivity contribution is 0.102. The average Bonchev–Trinajstić information content (AvgIpc) is 3.07. The molecule has 0 radical (unpaired) electrons. The quantitative estimate of drug-likeness (QED) is 0.520. The minimum Gasteiger partial charge on any atom is -0.296 e. The Morgan fingerprint density at radius 1 is 1.03 bits per heavy atom. The first kappa shape index (κ1) is 21.5. The SMILES string of the molecule is Cc1cc(C)c(NS(=O)(=O)c2nnc(NC(=O)c3ccc(Cl)cc3Cl)s2)c(C)c1. The van der Waals surface area contributed by atoms with E-state index in [1.54, 1.807) is 0 Å². The number of anilines is 2. The Kier molecular flexibility index (Phi) is 6.13. The maximum absolute atomic E-state index is 12.7. The molecular formula is C18H16Cl2N4O3S2. The van der Waals surface area contributed by atoms with Crippen LogP contribution in [0.3, 0.4) is 0 Å². The van der Waals surface area contributed by atoms with Gasteiger partial charge in [-0.15, -0.1) is 10.2 Å². The molecule has 3 aromatic rings. The minimum atomic E-state index is -3.96. The second-order valence-corrected chi connectivity index (χ2v) is 10.0. The predicted molar refractivity (Wildman–Crippen MR) is 116 cm³/mol. The predicted octanol–water partition coefficient (Wildman–Crippen LogP) is 4.82. The molecule has 0 saturated heterocycles. The smallest absolute Gasteiger partial charge is 0.291 e. The second kappa shape index (κ2) is 8.27. The van der Waals surface area contributed by atoms with E-state index in [4.69, 9.17) is 23.2 Å². The Morgan fingerprint density at radius 3 is 2.31 bits per heavy atom. The zero-order valence-electron chi connectivity index (χ0n) is 15.6. The number of nitrogens with zero attached hydrogens (tertiary/aromatic N) is 2. The molecule has 7 nitrogen and oxygen atoms in total. The fraction of sp³-hybridized carbons (Fsp3) is 0.167. The van der Waals surface area contributed by atoms with E-state index in [-0.39, 0.29) is 20.1 Å². The maximum atomic E-state index is 12.7. The number of amides is 1. The summed E-state index contributed by atoms with van der Waals surface area (Å²) in [5.41, 5.74) is 3.29. The van der Waals surface area contributed by atoms with Gasteiger partial charge >= 0.3 is 0 Å². The summed E-state index contributed by atoms with van der Waals surface area (Å²) in [4.78, 5) is 12.4. The van der Waals surface area contributed by atoms with E-state index in [1.807, 2.05) is 32.9 Å². The van der Waals surface area contributed by atoms with E-state index in [1.165, 1.54) is 18.2 Å². The topological polar surface area (TPSA) is 101 Å². The molecule has 11 heteroatoms. The van der Waals surface area contributed by atoms with Crippen LogP contribution in [0, 0.1) is 20.8 Å². The molecule has 1 heterocycles. The highest BCUT2D eigenvalue weighted by Crippen LogP contribution is 2.28. The number of aryl methyl sites for hydroxylation is 3. The standard InChI is InChI=1S/C18H16Cl2N4O3S2/c1-9-6-10(2)15(11(3)7-9)24-29(26,27)18-23-22-17(28-18)21-16(25)13-5-4-12(19)8-14(13)20/h4-8,24H,1-3H3,(H,21,22,25). The van der Waals surface area contributed by atoms with Crippen molar-refractivity contribution in [2.45, 2.75) is 25.1 Å². The van der Waals surface area contributed by atoms with Crippen molar-refractivity contribution in [1.29, 1.82) is 0 Å². The first-order valence-electron chi connectivity index (χ1n) is 8.27. The molecule has 0 aliphatic rings. The van der Waals surface area contributed by atoms with E-state index in [0.717, 1.165) is 28.0 Å². The highest BCUT2D eigenvalue weighted by molar-refractivity contribution is 7.94. The molecule has 0 bridgehead atoms. The van der Waals surface area contributed by atoms with Crippen LogP contribution < -0.4 is 10.0 Å². The summed E-state index contributed by atoms with van der Waals surface area (Å²) in [6.45, 7) is 5.57. The number of benzene rings is 2. The first-order valence-corrected chi connectivity index (χ1v) is 11.3. The van der Waals surface area contributed by atoms with Gasteiger partial charge in [0.15, 0.2) is 0 Å². The van der Waals surface area contributed by atoms with Crippen LogP contribution in [0.1, 0.15) is 27.0 Å². The number of hydrogen-bond donors (Lipinski definition) is 2. The third-order valence-electron chi connectivity index (χ3n) is 3.95. The van der Waals surface area contributed by atoms with Gasteiger partial charge in [-0.3, -0.25) is 14.8 Å². The van der Waals surface area contributed by atoms with Crippen molar-refractivity contribution < 1.29 is 13.2 Å². The molecule has 29 heavy (non-hydrogen) atoms. The largest absolute Gasteiger partial charge is 0.296 e. The minimum absolute atomic E-state index is 0.0266. The lowest BCUT2D eigenvalue weighted by Gasteiger charge is -2.12. The fourth-order valence-electron chi connectivity index (χ4n) is 2.73. The summed E-state index contributed by atoms with van der Waals surface area (Å²) in [6.07, 6.45) is 0. The molecule has 0 aliphatic carbocycles. The lowest BCUT2D eigenvalue weighted by Crippen LogP contribution is -2.14. The number of carbonyl (C=O) groups is 1. The number of aromatic nitrogens is 2. The third-order valence-corrected chi connectivity index (χ3v) is 7.05. The van der Waals surface area contributed by atoms with Crippen molar-refractivity contribution in [3.05, 3.63) is 62.6 Å². The molecule has 152 valence electrons. The van der Waals surface area contributed by atoms with E-state index in [9.17, 15) is 13.2 Å². The van der Waals surface area contributed by atoms with Crippen molar-refractivity contribution in [1.82, 2.24) is 10.2 Å². The van der Waals surface area contributed by atoms with Gasteiger partial charge in [0.1, 0.15) is 0 Å². The van der Waals surface area contributed by atoms with Crippen molar-refractivity contribution in [2.75, 3.05) is 10.0 Å². The highest BCUT2D eigenvalue weighted by Gasteiger charge is 2.23. The van der Waals surface area contributed by atoms with Gasteiger partial charge in [0, 0.05) is 5.02 Å². The highest BCUT2D eigenvalue weighted by atomic mass is 35.5. The van der Waals surface area contributed by atoms with Crippen LogP contribution in [-0.2, 0) is 10.0 Å². The van der Waals surface area contributed by atoms with Crippen LogP contribution >= 0.6 is 34.5 Å². The average molecular weight is 471 g/mol. The van der Waals surface area contributed by atoms with Gasteiger partial charge in [0.25, 0.3) is 20.3 Å². The van der Waals surface area contributed by atoms with Crippen molar-refractivity contribution >= 4 is 61.3 Å². The van der Waals surface area contributed by atoms with Crippen LogP contribution in [0.4, 0.5) is 10.8 Å². The molecule has 0 spiro atoms. The third kappa shape index (κ3) is 4.87. The van der Waals surface area contributed by atoms with Gasteiger partial charge in [-0.1, -0.05) is 52.2 Å². The molecule has 0 atom stereocenters. The van der Waals surface area contributed by atoms with Crippen LogP contribution in [0.15, 0.2) is 34.7 Å². The summed E-state index contributed by atoms with van der Waals surface area (Å²) in [7, 11) is -3.96. The molecule has 0 fully saturated rings. The van der Waals surface area contributed by atoms with E-state index in [0.29, 0.717) is 10.7 Å². The monoisotopic (exact) mass is 470 g/mol. The summed E-state index contributed by atoms with van der Waals surface area (Å²) in [5, 5.41) is 10.5. The Bertz CT molecular complexity index is 1190. The van der Waals surface area contributed by atoms with Crippen molar-refractivity contribution in [3.8, 4) is 0 Å². The number of carbonyl (C=O) groups excluding carboxylic acids is 1. The molecule has 0 aliphatic heterocycles. The van der Waals surface area contributed by atoms with Crippen LogP contribution in [0.2, 0.25) is 10.0 Å². The van der Waals surface area contributed by atoms with Gasteiger partial charge in [0.05, 0.1) is 16.3 Å². The van der Waals surface area contributed by atoms with Crippen LogP contribution in [-0.4, -0.2) is 24.5 Å². The molecule has 2 N–H and O–H groups in total. The van der Waals surface area contributed by atoms with E-state index in [2.05, 4.69) is 20.2 Å². The number of nitrogens with one attached hydrogen (secondary N) is 2. The zero-order valence-corrected chi connectivity index (χ0v) is 18.7. The second-order valence-electron chi connectivity index (χ2n) is 6.33. The van der Waals surface area contributed by atoms with Crippen LogP contribution in [0.5, 0.6) is 0 Å². The number of sulfonamides is 1. The number of rotatable bonds is 5. The zero-order chi connectivity index (χ0) is 21.3. The molecule has 3 rings (SSSR count). The van der Waals surface area contributed by atoms with Crippen LogP contribution in [0.25, 0.3) is 0 Å². The molecular weight excluding hydrogens is 455 g/mol. The van der Waals surface area contributed by atoms with Gasteiger partial charge in [0.2, 0.25) is 5.13 Å². The van der Waals surface area contributed by atoms with Gasteiger partial charge in [-0.25, -0.2) is 0 Å². The molecule has 0 saturated carbocycles. The maximum Gasteiger partial charge on any atom is 0.291 e. The van der Waals surface area contributed by atoms with Crippen molar-refractivity contribution in [2.24, 2.45) is 0 Å². The summed E-state index contributed by atoms with van der Waals surface area (Å²) >= 11 is 12.6. The van der Waals surface area contributed by atoms with Gasteiger partial charge in [-0.05, 0) is 50.1 Å².